The van der Waals surface area contributed by atoms with Gasteiger partial charge in [-0.15, -0.1) is 0 Å². The minimum absolute atomic E-state index is 0.0532. The molecular weight excluding hydrogens is 398 g/mol. The van der Waals surface area contributed by atoms with E-state index in [0.717, 1.165) is 25.8 Å². The Morgan fingerprint density at radius 3 is 2.38 bits per heavy atom. The first-order chi connectivity index (χ1) is 15.6. The summed E-state index contributed by atoms with van der Waals surface area (Å²) >= 11 is 0. The lowest BCUT2D eigenvalue weighted by Crippen LogP contribution is -2.44. The molecule has 1 saturated heterocycles. The number of benzene rings is 2. The van der Waals surface area contributed by atoms with Crippen molar-refractivity contribution in [1.29, 1.82) is 0 Å². The van der Waals surface area contributed by atoms with E-state index in [1.54, 1.807) is 0 Å². The SMILES string of the molecule is O=C(CC[C@@]1(Cc2ccc(-c3ccccc3)cc2)CCC(=O)N1)NCCCn1cccc1. The summed E-state index contributed by atoms with van der Waals surface area (Å²) in [6, 6.07) is 22.8. The molecule has 1 aromatic heterocycles. The first kappa shape index (κ1) is 21.9. The lowest BCUT2D eigenvalue weighted by molar-refractivity contribution is -0.122. The van der Waals surface area contributed by atoms with Crippen LogP contribution in [-0.4, -0.2) is 28.5 Å². The van der Waals surface area contributed by atoms with E-state index in [1.165, 1.54) is 16.7 Å². The Balaban J connectivity index is 1.30. The molecule has 1 aliphatic rings. The van der Waals surface area contributed by atoms with Gasteiger partial charge >= 0.3 is 0 Å². The quantitative estimate of drug-likeness (QED) is 0.471. The highest BCUT2D eigenvalue weighted by atomic mass is 16.2. The third-order valence-electron chi connectivity index (χ3n) is 6.25. The zero-order valence-corrected chi connectivity index (χ0v) is 18.4. The molecule has 2 heterocycles. The summed E-state index contributed by atoms with van der Waals surface area (Å²) < 4.78 is 2.11. The molecule has 2 N–H and O–H groups in total. The lowest BCUT2D eigenvalue weighted by Gasteiger charge is -2.29. The van der Waals surface area contributed by atoms with Gasteiger partial charge in [0.15, 0.2) is 0 Å². The van der Waals surface area contributed by atoms with Crippen LogP contribution in [0.3, 0.4) is 0 Å². The molecule has 0 unspecified atom stereocenters. The summed E-state index contributed by atoms with van der Waals surface area (Å²) in [7, 11) is 0. The Morgan fingerprint density at radius 1 is 0.969 bits per heavy atom. The van der Waals surface area contributed by atoms with Crippen molar-refractivity contribution >= 4 is 11.8 Å². The van der Waals surface area contributed by atoms with Gasteiger partial charge < -0.3 is 15.2 Å². The molecule has 0 spiro atoms. The average molecular weight is 430 g/mol. The Bertz CT molecular complexity index is 1010. The van der Waals surface area contributed by atoms with Crippen LogP contribution in [-0.2, 0) is 22.6 Å². The van der Waals surface area contributed by atoms with Gasteiger partial charge in [-0.1, -0.05) is 54.6 Å². The van der Waals surface area contributed by atoms with Crippen LogP contribution >= 0.6 is 0 Å². The second kappa shape index (κ2) is 10.3. The maximum atomic E-state index is 12.4. The third-order valence-corrected chi connectivity index (χ3v) is 6.25. The van der Waals surface area contributed by atoms with Crippen LogP contribution in [0, 0.1) is 0 Å². The van der Waals surface area contributed by atoms with Crippen LogP contribution < -0.4 is 10.6 Å². The molecule has 0 saturated carbocycles. The molecule has 32 heavy (non-hydrogen) atoms. The fourth-order valence-electron chi connectivity index (χ4n) is 4.47. The molecule has 2 amide bonds. The second-order valence-electron chi connectivity index (χ2n) is 8.69. The van der Waals surface area contributed by atoms with Gasteiger partial charge in [-0.05, 0) is 54.5 Å². The van der Waals surface area contributed by atoms with E-state index in [-0.39, 0.29) is 17.4 Å². The molecule has 5 heteroatoms. The van der Waals surface area contributed by atoms with Crippen molar-refractivity contribution < 1.29 is 9.59 Å². The maximum absolute atomic E-state index is 12.4. The van der Waals surface area contributed by atoms with E-state index in [9.17, 15) is 9.59 Å². The van der Waals surface area contributed by atoms with Gasteiger partial charge in [0.05, 0.1) is 0 Å². The predicted molar refractivity (Wildman–Crippen MR) is 127 cm³/mol. The highest BCUT2D eigenvalue weighted by Gasteiger charge is 2.37. The number of hydrogen-bond donors (Lipinski definition) is 2. The molecule has 1 atom stereocenters. The highest BCUT2D eigenvalue weighted by Crippen LogP contribution is 2.30. The fourth-order valence-corrected chi connectivity index (χ4v) is 4.47. The smallest absolute Gasteiger partial charge is 0.220 e. The van der Waals surface area contributed by atoms with Crippen LogP contribution in [0.5, 0.6) is 0 Å². The first-order valence-corrected chi connectivity index (χ1v) is 11.4. The van der Waals surface area contributed by atoms with Crippen molar-refractivity contribution in [1.82, 2.24) is 15.2 Å². The third kappa shape index (κ3) is 5.88. The van der Waals surface area contributed by atoms with Gasteiger partial charge in [-0.25, -0.2) is 0 Å². The number of aryl methyl sites for hydroxylation is 1. The van der Waals surface area contributed by atoms with Gasteiger partial charge in [0, 0.05) is 43.9 Å². The number of rotatable bonds is 10. The monoisotopic (exact) mass is 429 g/mol. The molecule has 166 valence electrons. The Hall–Kier alpha value is -3.34. The zero-order chi connectivity index (χ0) is 22.2. The summed E-state index contributed by atoms with van der Waals surface area (Å²) in [4.78, 5) is 24.5. The molecule has 0 radical (unpaired) electrons. The Morgan fingerprint density at radius 2 is 1.69 bits per heavy atom. The summed E-state index contributed by atoms with van der Waals surface area (Å²) in [5, 5.41) is 6.20. The number of nitrogens with one attached hydrogen (secondary N) is 2. The number of nitrogens with zero attached hydrogens (tertiary/aromatic N) is 1. The van der Waals surface area contributed by atoms with Gasteiger partial charge in [0.2, 0.25) is 11.8 Å². The van der Waals surface area contributed by atoms with Crippen LogP contribution in [0.1, 0.15) is 37.7 Å². The van der Waals surface area contributed by atoms with Crippen LogP contribution in [0.25, 0.3) is 11.1 Å². The van der Waals surface area contributed by atoms with E-state index >= 15 is 0 Å². The molecule has 2 aromatic carbocycles. The largest absolute Gasteiger partial charge is 0.356 e. The first-order valence-electron chi connectivity index (χ1n) is 11.4. The number of aromatic nitrogens is 1. The van der Waals surface area contributed by atoms with Crippen LogP contribution in [0.15, 0.2) is 79.1 Å². The molecule has 4 rings (SSSR count). The van der Waals surface area contributed by atoms with Crippen LogP contribution in [0.4, 0.5) is 0 Å². The standard InChI is InChI=1S/C27H31N3O2/c31-25(28-17-6-20-30-18-4-5-19-30)13-15-27(16-14-26(32)29-27)21-22-9-11-24(12-10-22)23-7-2-1-3-8-23/h1-5,7-12,18-19H,6,13-17,20-21H2,(H,28,31)(H,29,32)/t27-/m0/s1. The summed E-state index contributed by atoms with van der Waals surface area (Å²) in [6.07, 6.45) is 8.08. The van der Waals surface area contributed by atoms with Crippen molar-refractivity contribution in [3.8, 4) is 11.1 Å². The number of amides is 2. The molecule has 0 aliphatic carbocycles. The van der Waals surface area contributed by atoms with Gasteiger partial charge in [-0.3, -0.25) is 9.59 Å². The van der Waals surface area contributed by atoms with Crippen LogP contribution in [0.2, 0.25) is 0 Å². The van der Waals surface area contributed by atoms with Crippen molar-refractivity contribution in [2.45, 2.75) is 50.6 Å². The number of carbonyl (C=O) groups excluding carboxylic acids is 2. The molecule has 3 aromatic rings. The number of hydrogen-bond acceptors (Lipinski definition) is 2. The molecule has 5 nitrogen and oxygen atoms in total. The average Bonchev–Trinajstić information content (AvgIpc) is 3.47. The maximum Gasteiger partial charge on any atom is 0.220 e. The summed E-state index contributed by atoms with van der Waals surface area (Å²) in [5.74, 6) is 0.135. The minimum atomic E-state index is -0.339. The number of carbonyl (C=O) groups is 2. The minimum Gasteiger partial charge on any atom is -0.356 e. The zero-order valence-electron chi connectivity index (χ0n) is 18.4. The van der Waals surface area contributed by atoms with Crippen molar-refractivity contribution in [3.05, 3.63) is 84.7 Å². The van der Waals surface area contributed by atoms with Gasteiger partial charge in [-0.2, -0.15) is 0 Å². The van der Waals surface area contributed by atoms with Crippen molar-refractivity contribution in [3.63, 3.8) is 0 Å². The van der Waals surface area contributed by atoms with Crippen molar-refractivity contribution in [2.24, 2.45) is 0 Å². The second-order valence-corrected chi connectivity index (χ2v) is 8.69. The predicted octanol–water partition coefficient (Wildman–Crippen LogP) is 4.33. The van der Waals surface area contributed by atoms with E-state index in [1.807, 2.05) is 42.7 Å². The summed E-state index contributed by atoms with van der Waals surface area (Å²) in [5.41, 5.74) is 3.21. The summed E-state index contributed by atoms with van der Waals surface area (Å²) in [6.45, 7) is 1.56. The van der Waals surface area contributed by atoms with E-state index < -0.39 is 0 Å². The van der Waals surface area contributed by atoms with E-state index in [2.05, 4.69) is 51.6 Å². The fraction of sp³-hybridized carbons (Fsp3) is 0.333. The van der Waals surface area contributed by atoms with Gasteiger partial charge in [0.25, 0.3) is 0 Å². The molecule has 1 aliphatic heterocycles. The van der Waals surface area contributed by atoms with Gasteiger partial charge in [0.1, 0.15) is 0 Å². The molecular formula is C27H31N3O2. The Kier molecular flexibility index (Phi) is 7.05. The topological polar surface area (TPSA) is 63.1 Å². The van der Waals surface area contributed by atoms with E-state index in [4.69, 9.17) is 0 Å². The normalized spacial score (nSPS) is 17.8. The van der Waals surface area contributed by atoms with E-state index in [0.29, 0.717) is 25.8 Å². The Labute approximate surface area is 189 Å². The molecule has 0 bridgehead atoms. The lowest BCUT2D eigenvalue weighted by atomic mass is 9.84. The molecule has 1 fully saturated rings. The van der Waals surface area contributed by atoms with Crippen molar-refractivity contribution in [2.75, 3.05) is 6.54 Å². The highest BCUT2D eigenvalue weighted by molar-refractivity contribution is 5.80.